The van der Waals surface area contributed by atoms with Gasteiger partial charge in [-0.05, 0) is 69.5 Å². The Morgan fingerprint density at radius 3 is 2.67 bits per heavy atom. The molecule has 0 spiro atoms. The quantitative estimate of drug-likeness (QED) is 0.527. The fraction of sp³-hybridized carbons (Fsp3) is 1.00. The largest absolute Gasteiger partial charge is 0.381 e. The van der Waals surface area contributed by atoms with Gasteiger partial charge in [0.1, 0.15) is 0 Å². The fourth-order valence-corrected chi connectivity index (χ4v) is 2.26. The zero-order valence-electron chi connectivity index (χ0n) is 12.3. The number of rotatable bonds is 12. The van der Waals surface area contributed by atoms with Crippen molar-refractivity contribution >= 4 is 0 Å². The fourth-order valence-electron chi connectivity index (χ4n) is 2.26. The Morgan fingerprint density at radius 1 is 1.28 bits per heavy atom. The predicted molar refractivity (Wildman–Crippen MR) is 77.6 cm³/mol. The normalized spacial score (nSPS) is 17.3. The van der Waals surface area contributed by atoms with Crippen molar-refractivity contribution in [2.45, 2.75) is 46.0 Å². The Hall–Kier alpha value is -0.120. The predicted octanol–water partition coefficient (Wildman–Crippen LogP) is 2.40. The van der Waals surface area contributed by atoms with Crippen LogP contribution in [0.2, 0.25) is 0 Å². The summed E-state index contributed by atoms with van der Waals surface area (Å²) in [7, 11) is 0. The molecule has 0 saturated heterocycles. The summed E-state index contributed by atoms with van der Waals surface area (Å²) in [5.74, 6) is 2.33. The van der Waals surface area contributed by atoms with Gasteiger partial charge in [0.25, 0.3) is 0 Å². The lowest BCUT2D eigenvalue weighted by molar-refractivity contribution is 0.122. The second-order valence-electron chi connectivity index (χ2n) is 6.14. The van der Waals surface area contributed by atoms with E-state index in [1.165, 1.54) is 25.7 Å². The van der Waals surface area contributed by atoms with Crippen LogP contribution in [0.5, 0.6) is 0 Å². The lowest BCUT2D eigenvalue weighted by Crippen LogP contribution is -2.24. The third-order valence-electron chi connectivity index (χ3n) is 3.56. The molecule has 0 aliphatic heterocycles. The van der Waals surface area contributed by atoms with Gasteiger partial charge in [-0.2, -0.15) is 0 Å². The average molecular weight is 256 g/mol. The van der Waals surface area contributed by atoms with E-state index in [-0.39, 0.29) is 0 Å². The third-order valence-corrected chi connectivity index (χ3v) is 3.56. The van der Waals surface area contributed by atoms with Gasteiger partial charge in [0.2, 0.25) is 0 Å². The molecule has 1 unspecified atom stereocenters. The molecule has 0 radical (unpaired) electrons. The van der Waals surface area contributed by atoms with Crippen LogP contribution in [0, 0.1) is 17.8 Å². The van der Waals surface area contributed by atoms with Gasteiger partial charge in [0, 0.05) is 13.2 Å². The van der Waals surface area contributed by atoms with E-state index < -0.39 is 0 Å². The van der Waals surface area contributed by atoms with Crippen LogP contribution in [0.25, 0.3) is 0 Å². The van der Waals surface area contributed by atoms with Gasteiger partial charge in [0.05, 0.1) is 0 Å². The highest BCUT2D eigenvalue weighted by atomic mass is 16.5. The molecule has 0 aromatic carbocycles. The van der Waals surface area contributed by atoms with Crippen LogP contribution in [-0.4, -0.2) is 32.8 Å². The van der Waals surface area contributed by atoms with Crippen molar-refractivity contribution < 1.29 is 4.74 Å². The van der Waals surface area contributed by atoms with Crippen LogP contribution in [0.1, 0.15) is 46.0 Å². The van der Waals surface area contributed by atoms with Gasteiger partial charge in [-0.3, -0.25) is 0 Å². The maximum absolute atomic E-state index is 5.79. The topological polar surface area (TPSA) is 47.3 Å². The summed E-state index contributed by atoms with van der Waals surface area (Å²) in [5, 5.41) is 3.49. The molecule has 1 aliphatic carbocycles. The summed E-state index contributed by atoms with van der Waals surface area (Å²) in [5.41, 5.74) is 5.79. The minimum Gasteiger partial charge on any atom is -0.381 e. The van der Waals surface area contributed by atoms with Crippen molar-refractivity contribution in [3.05, 3.63) is 0 Å². The minimum atomic E-state index is 0.684. The van der Waals surface area contributed by atoms with E-state index in [0.717, 1.165) is 51.1 Å². The average Bonchev–Trinajstić information content (AvgIpc) is 3.14. The minimum absolute atomic E-state index is 0.684. The van der Waals surface area contributed by atoms with Gasteiger partial charge in [-0.25, -0.2) is 0 Å². The first kappa shape index (κ1) is 15.9. The molecule has 0 aromatic rings. The van der Waals surface area contributed by atoms with Crippen LogP contribution >= 0.6 is 0 Å². The van der Waals surface area contributed by atoms with Gasteiger partial charge in [0.15, 0.2) is 0 Å². The molecule has 108 valence electrons. The Balaban J connectivity index is 1.81. The zero-order valence-corrected chi connectivity index (χ0v) is 12.3. The maximum Gasteiger partial charge on any atom is 0.0494 e. The molecular weight excluding hydrogens is 224 g/mol. The number of hydrogen-bond acceptors (Lipinski definition) is 3. The standard InChI is InChI=1S/C15H32N2O/c1-13(2)10-15(11-16)6-8-17-7-3-9-18-12-14-4-5-14/h13-15,17H,3-12,16H2,1-2H3. The van der Waals surface area contributed by atoms with Crippen molar-refractivity contribution in [2.75, 3.05) is 32.8 Å². The maximum atomic E-state index is 5.79. The number of nitrogens with two attached hydrogens (primary N) is 1. The highest BCUT2D eigenvalue weighted by Crippen LogP contribution is 2.28. The Bertz CT molecular complexity index is 193. The molecule has 1 fully saturated rings. The first-order valence-electron chi connectivity index (χ1n) is 7.71. The SMILES string of the molecule is CC(C)CC(CN)CCNCCCOCC1CC1. The molecular formula is C15H32N2O. The first-order chi connectivity index (χ1) is 8.72. The van der Waals surface area contributed by atoms with E-state index in [9.17, 15) is 0 Å². The summed E-state index contributed by atoms with van der Waals surface area (Å²) in [6, 6.07) is 0. The summed E-state index contributed by atoms with van der Waals surface area (Å²) < 4.78 is 5.60. The third kappa shape index (κ3) is 8.90. The molecule has 3 heteroatoms. The van der Waals surface area contributed by atoms with E-state index in [1.807, 2.05) is 0 Å². The zero-order chi connectivity index (χ0) is 13.2. The van der Waals surface area contributed by atoms with E-state index in [0.29, 0.717) is 5.92 Å². The first-order valence-corrected chi connectivity index (χ1v) is 7.71. The Labute approximate surface area is 113 Å². The van der Waals surface area contributed by atoms with Crippen LogP contribution in [-0.2, 0) is 4.74 Å². The second-order valence-corrected chi connectivity index (χ2v) is 6.14. The number of ether oxygens (including phenoxy) is 1. The molecule has 1 atom stereocenters. The molecule has 3 N–H and O–H groups in total. The van der Waals surface area contributed by atoms with Crippen molar-refractivity contribution in [1.82, 2.24) is 5.32 Å². The monoisotopic (exact) mass is 256 g/mol. The van der Waals surface area contributed by atoms with Crippen molar-refractivity contribution in [3.8, 4) is 0 Å². The molecule has 0 bridgehead atoms. The van der Waals surface area contributed by atoms with Gasteiger partial charge >= 0.3 is 0 Å². The van der Waals surface area contributed by atoms with Crippen LogP contribution in [0.15, 0.2) is 0 Å². The summed E-state index contributed by atoms with van der Waals surface area (Å²) in [6.07, 6.45) is 6.35. The van der Waals surface area contributed by atoms with Crippen molar-refractivity contribution in [2.24, 2.45) is 23.5 Å². The van der Waals surface area contributed by atoms with Gasteiger partial charge < -0.3 is 15.8 Å². The van der Waals surface area contributed by atoms with E-state index in [4.69, 9.17) is 10.5 Å². The summed E-state index contributed by atoms with van der Waals surface area (Å²) in [4.78, 5) is 0. The van der Waals surface area contributed by atoms with Crippen molar-refractivity contribution in [1.29, 1.82) is 0 Å². The molecule has 1 saturated carbocycles. The summed E-state index contributed by atoms with van der Waals surface area (Å²) >= 11 is 0. The highest BCUT2D eigenvalue weighted by molar-refractivity contribution is 4.71. The number of hydrogen-bond donors (Lipinski definition) is 2. The van der Waals surface area contributed by atoms with Crippen molar-refractivity contribution in [3.63, 3.8) is 0 Å². The molecule has 18 heavy (non-hydrogen) atoms. The Morgan fingerprint density at radius 2 is 2.06 bits per heavy atom. The Kier molecular flexibility index (Phi) is 8.64. The molecule has 0 aromatic heterocycles. The number of nitrogens with one attached hydrogen (secondary N) is 1. The van der Waals surface area contributed by atoms with Gasteiger partial charge in [-0.1, -0.05) is 13.8 Å². The highest BCUT2D eigenvalue weighted by Gasteiger charge is 2.20. The lowest BCUT2D eigenvalue weighted by atomic mass is 9.94. The molecule has 1 rings (SSSR count). The lowest BCUT2D eigenvalue weighted by Gasteiger charge is -2.17. The van der Waals surface area contributed by atoms with Gasteiger partial charge in [-0.15, -0.1) is 0 Å². The van der Waals surface area contributed by atoms with E-state index >= 15 is 0 Å². The van der Waals surface area contributed by atoms with E-state index in [2.05, 4.69) is 19.2 Å². The molecule has 0 heterocycles. The van der Waals surface area contributed by atoms with Crippen LogP contribution in [0.4, 0.5) is 0 Å². The smallest absolute Gasteiger partial charge is 0.0494 e. The van der Waals surface area contributed by atoms with Crippen LogP contribution < -0.4 is 11.1 Å². The molecule has 3 nitrogen and oxygen atoms in total. The van der Waals surface area contributed by atoms with E-state index in [1.54, 1.807) is 0 Å². The molecule has 0 amide bonds. The summed E-state index contributed by atoms with van der Waals surface area (Å²) in [6.45, 7) is 9.44. The van der Waals surface area contributed by atoms with Crippen LogP contribution in [0.3, 0.4) is 0 Å². The second kappa shape index (κ2) is 9.76. The molecule has 1 aliphatic rings.